The zero-order valence-corrected chi connectivity index (χ0v) is 22.9. The molecule has 0 N–H and O–H groups in total. The first-order valence-corrected chi connectivity index (χ1v) is 14.9. The van der Waals surface area contributed by atoms with Crippen LogP contribution in [0.25, 0.3) is 61.5 Å². The summed E-state index contributed by atoms with van der Waals surface area (Å²) in [5.41, 5.74) is 6.74. The molecule has 1 aliphatic rings. The Morgan fingerprint density at radius 1 is 0.548 bits per heavy atom. The Hall–Kier alpha value is -5.26. The third-order valence-electron chi connectivity index (χ3n) is 7.68. The van der Waals surface area contributed by atoms with Gasteiger partial charge in [0, 0.05) is 5.56 Å². The second-order valence-corrected chi connectivity index (χ2v) is 12.0. The number of aromatic nitrogens is 2. The number of hydrogen-bond donors (Lipinski definition) is 0. The van der Waals surface area contributed by atoms with Crippen LogP contribution in [0.3, 0.4) is 0 Å². The molecule has 8 rings (SSSR count). The first kappa shape index (κ1) is 19.8. The molecular weight excluding hydrogens is 536 g/mol. The van der Waals surface area contributed by atoms with Gasteiger partial charge < -0.3 is 0 Å². The van der Waals surface area contributed by atoms with Gasteiger partial charge in [0.2, 0.25) is 9.84 Å². The minimum Gasteiger partial charge on any atom is -0.290 e. The summed E-state index contributed by atoms with van der Waals surface area (Å²) in [5.74, 6) is 0.680. The Kier molecular flexibility index (Phi) is 4.42. The molecule has 0 atom stereocenters. The number of nitrogens with zero attached hydrogens (tertiary/aromatic N) is 2. The molecule has 1 aliphatic heterocycles. The number of sulfone groups is 1. The summed E-state index contributed by atoms with van der Waals surface area (Å²) in [6.45, 7) is 0. The predicted molar refractivity (Wildman–Crippen MR) is 168 cm³/mol. The van der Waals surface area contributed by atoms with E-state index in [9.17, 15) is 8.42 Å². The molecule has 0 saturated carbocycles. The summed E-state index contributed by atoms with van der Waals surface area (Å²) in [6, 6.07) is 33.8. The van der Waals surface area contributed by atoms with Crippen LogP contribution >= 0.6 is 0 Å². The molecular formula is C37H24N2O2S. The highest BCUT2D eigenvalue weighted by Gasteiger charge is 2.33. The highest BCUT2D eigenvalue weighted by Crippen LogP contribution is 2.43. The SMILES string of the molecule is [2H]c1c([2H])c([2H])c(-c2ccc(-c3ccc(-c4ccc5c(c4)S(=O)(=O)c4cccc6nc(-c7ccccc7)n-5c46)cc3)cc2)c([2H])c1[2H]. The highest BCUT2D eigenvalue weighted by molar-refractivity contribution is 7.92. The van der Waals surface area contributed by atoms with Gasteiger partial charge in [-0.1, -0.05) is 121 Å². The minimum absolute atomic E-state index is 0.162. The third-order valence-corrected chi connectivity index (χ3v) is 9.49. The van der Waals surface area contributed by atoms with Crippen molar-refractivity contribution < 1.29 is 15.3 Å². The summed E-state index contributed by atoms with van der Waals surface area (Å²) in [4.78, 5) is 5.29. The van der Waals surface area contributed by atoms with E-state index in [1.54, 1.807) is 30.3 Å². The van der Waals surface area contributed by atoms with Crippen molar-refractivity contribution in [2.24, 2.45) is 0 Å². The van der Waals surface area contributed by atoms with E-state index in [4.69, 9.17) is 11.8 Å². The summed E-state index contributed by atoms with van der Waals surface area (Å²) in [5, 5.41) is 0. The molecule has 0 unspecified atom stereocenters. The van der Waals surface area contributed by atoms with Crippen molar-refractivity contribution in [3.8, 4) is 50.5 Å². The van der Waals surface area contributed by atoms with E-state index in [2.05, 4.69) is 0 Å². The average molecular weight is 566 g/mol. The average Bonchev–Trinajstić information content (AvgIpc) is 3.50. The van der Waals surface area contributed by atoms with Crippen LogP contribution in [0, 0.1) is 0 Å². The Morgan fingerprint density at radius 3 is 1.81 bits per heavy atom. The molecule has 2 heterocycles. The number of benzene rings is 6. The van der Waals surface area contributed by atoms with E-state index in [1.165, 1.54) is 0 Å². The molecule has 6 aromatic carbocycles. The van der Waals surface area contributed by atoms with Crippen molar-refractivity contribution in [3.05, 3.63) is 145 Å². The third kappa shape index (κ3) is 3.82. The van der Waals surface area contributed by atoms with Gasteiger partial charge in [-0.05, 0) is 57.6 Å². The Labute approximate surface area is 251 Å². The molecule has 0 spiro atoms. The van der Waals surface area contributed by atoms with E-state index in [0.29, 0.717) is 28.1 Å². The van der Waals surface area contributed by atoms with Gasteiger partial charge in [-0.25, -0.2) is 13.4 Å². The largest absolute Gasteiger partial charge is 0.290 e. The standard InChI is InChI=1S/C37H24N2O2S/c40-42(41)34-13-7-12-32-36(34)39(37(38-32)30-10-5-2-6-11-30)33-23-22-31(24-35(33)42)29-20-18-28(19-21-29)27-16-14-26(15-17-27)25-8-3-1-4-9-25/h1-24H/i1D,3D,4D,8D,9D. The number of fused-ring (bicyclic) bond motifs is 2. The van der Waals surface area contributed by atoms with Crippen LogP contribution in [0.2, 0.25) is 0 Å². The molecule has 0 saturated heterocycles. The quantitative estimate of drug-likeness (QED) is 0.214. The van der Waals surface area contributed by atoms with Crippen molar-refractivity contribution in [2.45, 2.75) is 9.79 Å². The molecule has 42 heavy (non-hydrogen) atoms. The van der Waals surface area contributed by atoms with Crippen molar-refractivity contribution in [1.29, 1.82) is 0 Å². The normalized spacial score (nSPS) is 14.8. The van der Waals surface area contributed by atoms with E-state index < -0.39 is 15.9 Å². The second kappa shape index (κ2) is 9.40. The summed E-state index contributed by atoms with van der Waals surface area (Å²) in [6.07, 6.45) is 0. The molecule has 0 bridgehead atoms. The maximum atomic E-state index is 14.0. The van der Waals surface area contributed by atoms with Gasteiger partial charge >= 0.3 is 0 Å². The second-order valence-electron chi connectivity index (χ2n) is 10.1. The Morgan fingerprint density at radius 2 is 1.14 bits per heavy atom. The Balaban J connectivity index is 1.16. The summed E-state index contributed by atoms with van der Waals surface area (Å²) in [7, 11) is -3.82. The molecule has 0 fully saturated rings. The van der Waals surface area contributed by atoms with Crippen molar-refractivity contribution in [3.63, 3.8) is 0 Å². The topological polar surface area (TPSA) is 52.0 Å². The van der Waals surface area contributed by atoms with Crippen LogP contribution in [-0.2, 0) is 9.84 Å². The number of rotatable bonds is 4. The number of para-hydroxylation sites is 1. The number of imidazole rings is 1. The van der Waals surface area contributed by atoms with E-state index in [0.717, 1.165) is 27.8 Å². The zero-order chi connectivity index (χ0) is 32.6. The monoisotopic (exact) mass is 565 g/mol. The van der Waals surface area contributed by atoms with Crippen LogP contribution < -0.4 is 0 Å². The van der Waals surface area contributed by atoms with Crippen LogP contribution in [0.1, 0.15) is 6.85 Å². The summed E-state index contributed by atoms with van der Waals surface area (Å²) >= 11 is 0. The van der Waals surface area contributed by atoms with Crippen LogP contribution in [0.4, 0.5) is 0 Å². The first-order chi connectivity index (χ1) is 22.6. The Bertz CT molecular complexity index is 2480. The van der Waals surface area contributed by atoms with Gasteiger partial charge in [-0.15, -0.1) is 0 Å². The van der Waals surface area contributed by atoms with Gasteiger partial charge in [0.15, 0.2) is 0 Å². The fraction of sp³-hybridized carbons (Fsp3) is 0. The van der Waals surface area contributed by atoms with Gasteiger partial charge in [-0.3, -0.25) is 4.57 Å². The first-order valence-electron chi connectivity index (χ1n) is 15.9. The lowest BCUT2D eigenvalue weighted by Gasteiger charge is -2.22. The van der Waals surface area contributed by atoms with E-state index in [-0.39, 0.29) is 39.5 Å². The van der Waals surface area contributed by atoms with Crippen LogP contribution in [0.5, 0.6) is 0 Å². The number of hydrogen-bond acceptors (Lipinski definition) is 3. The lowest BCUT2D eigenvalue weighted by atomic mass is 9.98. The molecule has 0 radical (unpaired) electrons. The van der Waals surface area contributed by atoms with Gasteiger partial charge in [0.05, 0.1) is 33.4 Å². The lowest BCUT2D eigenvalue weighted by Crippen LogP contribution is -2.15. The molecule has 1 aromatic heterocycles. The molecule has 5 heteroatoms. The highest BCUT2D eigenvalue weighted by atomic mass is 32.2. The molecule has 7 aromatic rings. The minimum atomic E-state index is -3.82. The van der Waals surface area contributed by atoms with E-state index >= 15 is 0 Å². The molecule has 4 nitrogen and oxygen atoms in total. The van der Waals surface area contributed by atoms with Gasteiger partial charge in [0.25, 0.3) is 0 Å². The molecule has 200 valence electrons. The summed E-state index contributed by atoms with van der Waals surface area (Å²) < 4.78 is 70.2. The predicted octanol–water partition coefficient (Wildman–Crippen LogP) is 8.84. The van der Waals surface area contributed by atoms with Crippen LogP contribution in [-0.4, -0.2) is 18.0 Å². The zero-order valence-electron chi connectivity index (χ0n) is 27.1. The fourth-order valence-electron chi connectivity index (χ4n) is 5.62. The smallest absolute Gasteiger partial charge is 0.210 e. The molecule has 0 aliphatic carbocycles. The maximum Gasteiger partial charge on any atom is 0.210 e. The van der Waals surface area contributed by atoms with Crippen molar-refractivity contribution in [2.75, 3.05) is 0 Å². The van der Waals surface area contributed by atoms with Gasteiger partial charge in [0.1, 0.15) is 5.82 Å². The van der Waals surface area contributed by atoms with Gasteiger partial charge in [-0.2, -0.15) is 0 Å². The molecule has 0 amide bonds. The fourth-order valence-corrected chi connectivity index (χ4v) is 7.28. The van der Waals surface area contributed by atoms with Crippen LogP contribution in [0.15, 0.2) is 155 Å². The maximum absolute atomic E-state index is 14.0. The van der Waals surface area contributed by atoms with Crippen molar-refractivity contribution in [1.82, 2.24) is 9.55 Å². The van der Waals surface area contributed by atoms with Crippen molar-refractivity contribution >= 4 is 20.9 Å². The lowest BCUT2D eigenvalue weighted by molar-refractivity contribution is 0.594. The van der Waals surface area contributed by atoms with E-state index in [1.807, 2.05) is 89.5 Å².